The molecule has 3 aromatic heterocycles. The van der Waals surface area contributed by atoms with Crippen LogP contribution in [-0.4, -0.2) is 56.6 Å². The molecule has 0 fully saturated rings. The lowest BCUT2D eigenvalue weighted by Crippen LogP contribution is -2.22. The third kappa shape index (κ3) is 5.52. The molecule has 3 heterocycles. The standard InChI is InChI=1S/C22H21F3N6O3/c1-14-11-18(28-31(14)13-15-3-8-19(26-12-15)30(2)9-10-32)21-27-20(29-34-21)16-4-6-17(7-5-16)33-22(23,24)25/h3-8,11-12,32H,9-10,13H2,1-2H3. The van der Waals surface area contributed by atoms with Gasteiger partial charge in [0.15, 0.2) is 5.69 Å². The number of pyridine rings is 1. The molecule has 0 saturated heterocycles. The maximum Gasteiger partial charge on any atom is 0.573 e. The molecule has 9 nitrogen and oxygen atoms in total. The van der Waals surface area contributed by atoms with Gasteiger partial charge >= 0.3 is 6.36 Å². The van der Waals surface area contributed by atoms with Gasteiger partial charge in [-0.15, -0.1) is 13.2 Å². The van der Waals surface area contributed by atoms with Crippen molar-refractivity contribution in [3.8, 4) is 28.7 Å². The highest BCUT2D eigenvalue weighted by atomic mass is 19.4. The zero-order chi connectivity index (χ0) is 24.3. The molecule has 0 bridgehead atoms. The van der Waals surface area contributed by atoms with E-state index in [1.807, 2.05) is 31.0 Å². The van der Waals surface area contributed by atoms with Gasteiger partial charge in [0.1, 0.15) is 11.6 Å². The number of aliphatic hydroxyl groups excluding tert-OH is 1. The minimum Gasteiger partial charge on any atom is -0.406 e. The van der Waals surface area contributed by atoms with E-state index in [1.54, 1.807) is 16.9 Å². The number of nitrogens with zero attached hydrogens (tertiary/aromatic N) is 6. The van der Waals surface area contributed by atoms with Gasteiger partial charge in [-0.3, -0.25) is 4.68 Å². The molecule has 1 N–H and O–H groups in total. The molecular formula is C22H21F3N6O3. The number of halogens is 3. The second-order valence-corrected chi connectivity index (χ2v) is 7.49. The highest BCUT2D eigenvalue weighted by molar-refractivity contribution is 5.59. The first-order valence-corrected chi connectivity index (χ1v) is 10.2. The van der Waals surface area contributed by atoms with Crippen LogP contribution in [0.4, 0.5) is 19.0 Å². The van der Waals surface area contributed by atoms with Crippen LogP contribution in [0.15, 0.2) is 53.2 Å². The van der Waals surface area contributed by atoms with Crippen molar-refractivity contribution in [2.75, 3.05) is 25.1 Å². The van der Waals surface area contributed by atoms with E-state index in [4.69, 9.17) is 9.63 Å². The van der Waals surface area contributed by atoms with Crippen LogP contribution in [0.3, 0.4) is 0 Å². The van der Waals surface area contributed by atoms with Gasteiger partial charge < -0.3 is 19.3 Å². The Bertz CT molecular complexity index is 1240. The second kappa shape index (κ2) is 9.51. The van der Waals surface area contributed by atoms with Gasteiger partial charge in [0, 0.05) is 31.0 Å². The van der Waals surface area contributed by atoms with Crippen molar-refractivity contribution in [1.29, 1.82) is 0 Å². The molecule has 178 valence electrons. The average molecular weight is 474 g/mol. The Morgan fingerprint density at radius 1 is 1.15 bits per heavy atom. The maximum atomic E-state index is 12.3. The van der Waals surface area contributed by atoms with Crippen LogP contribution < -0.4 is 9.64 Å². The lowest BCUT2D eigenvalue weighted by molar-refractivity contribution is -0.274. The highest BCUT2D eigenvalue weighted by Crippen LogP contribution is 2.27. The Kier molecular flexibility index (Phi) is 6.50. The summed E-state index contributed by atoms with van der Waals surface area (Å²) in [4.78, 5) is 10.6. The molecule has 0 aliphatic heterocycles. The van der Waals surface area contributed by atoms with Crippen LogP contribution >= 0.6 is 0 Å². The fourth-order valence-corrected chi connectivity index (χ4v) is 3.20. The summed E-state index contributed by atoms with van der Waals surface area (Å²) in [5.74, 6) is 0.822. The third-order valence-electron chi connectivity index (χ3n) is 4.94. The van der Waals surface area contributed by atoms with E-state index < -0.39 is 6.36 Å². The van der Waals surface area contributed by atoms with E-state index >= 15 is 0 Å². The first kappa shape index (κ1) is 23.2. The number of rotatable bonds is 8. The number of likely N-dealkylation sites (N-methyl/N-ethyl adjacent to an activating group) is 1. The second-order valence-electron chi connectivity index (χ2n) is 7.49. The Labute approximate surface area is 192 Å². The van der Waals surface area contributed by atoms with E-state index in [9.17, 15) is 13.2 Å². The molecule has 0 radical (unpaired) electrons. The summed E-state index contributed by atoms with van der Waals surface area (Å²) >= 11 is 0. The number of anilines is 1. The zero-order valence-electron chi connectivity index (χ0n) is 18.3. The van der Waals surface area contributed by atoms with Gasteiger partial charge in [-0.1, -0.05) is 11.2 Å². The van der Waals surface area contributed by atoms with E-state index in [1.165, 1.54) is 24.3 Å². The Morgan fingerprint density at radius 2 is 1.91 bits per heavy atom. The number of aryl methyl sites for hydroxylation is 1. The van der Waals surface area contributed by atoms with Crippen LogP contribution in [-0.2, 0) is 6.54 Å². The van der Waals surface area contributed by atoms with Gasteiger partial charge in [-0.25, -0.2) is 4.98 Å². The van der Waals surface area contributed by atoms with Crippen molar-refractivity contribution in [3.63, 3.8) is 0 Å². The molecule has 0 spiro atoms. The monoisotopic (exact) mass is 474 g/mol. The van der Waals surface area contributed by atoms with Crippen molar-refractivity contribution < 1.29 is 27.5 Å². The molecular weight excluding hydrogens is 453 g/mol. The molecule has 0 amide bonds. The molecule has 0 aliphatic carbocycles. The quantitative estimate of drug-likeness (QED) is 0.413. The molecule has 1 aromatic carbocycles. The molecule has 0 aliphatic rings. The number of aliphatic hydroxyl groups is 1. The van der Waals surface area contributed by atoms with Crippen LogP contribution in [0, 0.1) is 6.92 Å². The maximum absolute atomic E-state index is 12.3. The lowest BCUT2D eigenvalue weighted by atomic mass is 10.2. The van der Waals surface area contributed by atoms with Crippen molar-refractivity contribution in [2.24, 2.45) is 0 Å². The molecule has 0 unspecified atom stereocenters. The van der Waals surface area contributed by atoms with Crippen LogP contribution in [0.1, 0.15) is 11.3 Å². The summed E-state index contributed by atoms with van der Waals surface area (Å²) in [6.45, 7) is 2.91. The summed E-state index contributed by atoms with van der Waals surface area (Å²) in [6.07, 6.45) is -3.01. The number of hydrogen-bond donors (Lipinski definition) is 1. The van der Waals surface area contributed by atoms with E-state index in [-0.39, 0.29) is 24.1 Å². The molecule has 4 rings (SSSR count). The summed E-state index contributed by atoms with van der Waals surface area (Å²) in [5, 5.41) is 17.5. The smallest absolute Gasteiger partial charge is 0.406 e. The summed E-state index contributed by atoms with van der Waals surface area (Å²) < 4.78 is 47.9. The SMILES string of the molecule is Cc1cc(-c2nc(-c3ccc(OC(F)(F)F)cc3)no2)nn1Cc1ccc(N(C)CCO)nc1. The molecule has 0 saturated carbocycles. The molecule has 34 heavy (non-hydrogen) atoms. The fraction of sp³-hybridized carbons (Fsp3) is 0.273. The van der Waals surface area contributed by atoms with E-state index in [0.717, 1.165) is 17.1 Å². The van der Waals surface area contributed by atoms with Crippen molar-refractivity contribution in [3.05, 3.63) is 59.9 Å². The van der Waals surface area contributed by atoms with Gasteiger partial charge in [-0.2, -0.15) is 10.1 Å². The van der Waals surface area contributed by atoms with Crippen LogP contribution in [0.5, 0.6) is 5.75 Å². The van der Waals surface area contributed by atoms with Gasteiger partial charge in [0.2, 0.25) is 5.82 Å². The Hall–Kier alpha value is -3.93. The third-order valence-corrected chi connectivity index (χ3v) is 4.94. The first-order valence-electron chi connectivity index (χ1n) is 10.2. The first-order chi connectivity index (χ1) is 16.2. The van der Waals surface area contributed by atoms with Crippen molar-refractivity contribution in [2.45, 2.75) is 19.8 Å². The van der Waals surface area contributed by atoms with E-state index in [0.29, 0.717) is 24.3 Å². The number of benzene rings is 1. The summed E-state index contributed by atoms with van der Waals surface area (Å²) in [5.41, 5.74) is 2.75. The van der Waals surface area contributed by atoms with Crippen LogP contribution in [0.2, 0.25) is 0 Å². The largest absolute Gasteiger partial charge is 0.573 e. The highest BCUT2D eigenvalue weighted by Gasteiger charge is 2.31. The predicted molar refractivity (Wildman–Crippen MR) is 116 cm³/mol. The number of aromatic nitrogens is 5. The van der Waals surface area contributed by atoms with Gasteiger partial charge in [0.05, 0.1) is 13.2 Å². The minimum atomic E-state index is -4.76. The predicted octanol–water partition coefficient (Wildman–Crippen LogP) is 3.68. The molecule has 12 heteroatoms. The molecule has 4 aromatic rings. The van der Waals surface area contributed by atoms with Crippen LogP contribution in [0.25, 0.3) is 23.0 Å². The number of ether oxygens (including phenoxy) is 1. The van der Waals surface area contributed by atoms with Gasteiger partial charge in [-0.05, 0) is 48.9 Å². The van der Waals surface area contributed by atoms with Crippen molar-refractivity contribution in [1.82, 2.24) is 24.9 Å². The lowest BCUT2D eigenvalue weighted by Gasteiger charge is -2.16. The topological polar surface area (TPSA) is 102 Å². The average Bonchev–Trinajstić information content (AvgIpc) is 3.41. The summed E-state index contributed by atoms with van der Waals surface area (Å²) in [7, 11) is 1.85. The minimum absolute atomic E-state index is 0.0460. The van der Waals surface area contributed by atoms with Gasteiger partial charge in [0.25, 0.3) is 5.89 Å². The van der Waals surface area contributed by atoms with E-state index in [2.05, 4.69) is 25.0 Å². The zero-order valence-corrected chi connectivity index (χ0v) is 18.3. The number of hydrogen-bond acceptors (Lipinski definition) is 8. The van der Waals surface area contributed by atoms with Crippen molar-refractivity contribution >= 4 is 5.82 Å². The molecule has 0 atom stereocenters. The normalized spacial score (nSPS) is 11.6. The Morgan fingerprint density at radius 3 is 2.56 bits per heavy atom. The fourth-order valence-electron chi connectivity index (χ4n) is 3.20. The summed E-state index contributed by atoms with van der Waals surface area (Å²) in [6, 6.07) is 10.8. The Balaban J connectivity index is 1.47. The number of alkyl halides is 3.